The predicted octanol–water partition coefficient (Wildman–Crippen LogP) is 3.38. The van der Waals surface area contributed by atoms with Crippen LogP contribution in [0.4, 0.5) is 5.69 Å². The van der Waals surface area contributed by atoms with E-state index in [0.29, 0.717) is 11.8 Å². The van der Waals surface area contributed by atoms with E-state index in [9.17, 15) is 4.79 Å². The van der Waals surface area contributed by atoms with Gasteiger partial charge in [0, 0.05) is 5.69 Å². The third-order valence-electron chi connectivity index (χ3n) is 4.18. The molecule has 0 radical (unpaired) electrons. The molecule has 1 N–H and O–H groups in total. The largest absolute Gasteiger partial charge is 0.467 e. The zero-order chi connectivity index (χ0) is 14.0. The molecule has 2 rings (SSSR count). The van der Waals surface area contributed by atoms with Gasteiger partial charge in [-0.1, -0.05) is 31.5 Å². The maximum Gasteiger partial charge on any atom is 0.331 e. The Hall–Kier alpha value is -1.51. The van der Waals surface area contributed by atoms with Gasteiger partial charge in [0.15, 0.2) is 0 Å². The number of hydrogen-bond acceptors (Lipinski definition) is 3. The van der Waals surface area contributed by atoms with Crippen molar-refractivity contribution in [3.63, 3.8) is 0 Å². The Morgan fingerprint density at radius 1 is 1.32 bits per heavy atom. The Kier molecular flexibility index (Phi) is 3.83. The first-order valence-corrected chi connectivity index (χ1v) is 6.90. The van der Waals surface area contributed by atoms with Crippen molar-refractivity contribution >= 4 is 11.7 Å². The third-order valence-corrected chi connectivity index (χ3v) is 4.18. The van der Waals surface area contributed by atoms with Gasteiger partial charge in [-0.25, -0.2) is 4.79 Å². The molecule has 1 saturated carbocycles. The molecule has 1 aliphatic rings. The van der Waals surface area contributed by atoms with Crippen LogP contribution in [0.25, 0.3) is 0 Å². The molecular formula is C16H23NO2. The number of carbonyl (C=O) groups excluding carboxylic acids is 1. The predicted molar refractivity (Wildman–Crippen MR) is 77.1 cm³/mol. The van der Waals surface area contributed by atoms with Crippen LogP contribution in [-0.4, -0.2) is 18.6 Å². The number of anilines is 1. The fraction of sp³-hybridized carbons (Fsp3) is 0.562. The Labute approximate surface area is 115 Å². The highest BCUT2D eigenvalue weighted by Crippen LogP contribution is 2.45. The minimum absolute atomic E-state index is 0.148. The molecule has 0 spiro atoms. The van der Waals surface area contributed by atoms with Gasteiger partial charge in [-0.15, -0.1) is 0 Å². The van der Waals surface area contributed by atoms with Crippen LogP contribution in [0.1, 0.15) is 32.3 Å². The summed E-state index contributed by atoms with van der Waals surface area (Å²) in [6.07, 6.45) is 1.70. The minimum Gasteiger partial charge on any atom is -0.467 e. The van der Waals surface area contributed by atoms with E-state index in [1.54, 1.807) is 0 Å². The van der Waals surface area contributed by atoms with E-state index in [4.69, 9.17) is 4.74 Å². The number of hydrogen-bond donors (Lipinski definition) is 1. The van der Waals surface area contributed by atoms with Crippen molar-refractivity contribution in [2.45, 2.75) is 39.2 Å². The first-order chi connectivity index (χ1) is 8.97. The monoisotopic (exact) mass is 261 g/mol. The van der Waals surface area contributed by atoms with E-state index in [0.717, 1.165) is 18.5 Å². The molecule has 0 amide bonds. The highest BCUT2D eigenvalue weighted by Gasteiger charge is 2.51. The first kappa shape index (κ1) is 13.9. The highest BCUT2D eigenvalue weighted by molar-refractivity contribution is 5.86. The summed E-state index contributed by atoms with van der Waals surface area (Å²) in [7, 11) is 1.46. The number of rotatable bonds is 4. The van der Waals surface area contributed by atoms with Crippen molar-refractivity contribution in [1.29, 1.82) is 0 Å². The summed E-state index contributed by atoms with van der Waals surface area (Å²) in [5.41, 5.74) is 1.67. The lowest BCUT2D eigenvalue weighted by atomic mass is 9.64. The van der Waals surface area contributed by atoms with E-state index < -0.39 is 5.54 Å². The maximum absolute atomic E-state index is 12.1. The van der Waals surface area contributed by atoms with Gasteiger partial charge in [-0.05, 0) is 43.7 Å². The summed E-state index contributed by atoms with van der Waals surface area (Å²) < 4.78 is 4.98. The number of aryl methyl sites for hydroxylation is 1. The molecule has 1 aliphatic carbocycles. The molecule has 0 heterocycles. The summed E-state index contributed by atoms with van der Waals surface area (Å²) in [6, 6.07) is 8.13. The molecule has 0 aliphatic heterocycles. The zero-order valence-corrected chi connectivity index (χ0v) is 12.2. The van der Waals surface area contributed by atoms with Gasteiger partial charge in [-0.3, -0.25) is 0 Å². The molecule has 1 aromatic carbocycles. The second-order valence-corrected chi connectivity index (χ2v) is 5.98. The minimum atomic E-state index is -0.529. The van der Waals surface area contributed by atoms with Crippen LogP contribution in [0.5, 0.6) is 0 Å². The molecule has 0 aromatic heterocycles. The molecule has 0 atom stereocenters. The van der Waals surface area contributed by atoms with E-state index >= 15 is 0 Å². The Morgan fingerprint density at radius 2 is 1.89 bits per heavy atom. The van der Waals surface area contributed by atoms with Gasteiger partial charge in [-0.2, -0.15) is 0 Å². The number of ether oxygens (including phenoxy) is 1. The lowest BCUT2D eigenvalue weighted by molar-refractivity contribution is -0.151. The van der Waals surface area contributed by atoms with Crippen molar-refractivity contribution < 1.29 is 9.53 Å². The van der Waals surface area contributed by atoms with Crippen LogP contribution in [0.3, 0.4) is 0 Å². The van der Waals surface area contributed by atoms with E-state index in [2.05, 4.69) is 26.1 Å². The molecule has 3 heteroatoms. The lowest BCUT2D eigenvalue weighted by Crippen LogP contribution is -2.58. The molecular weight excluding hydrogens is 238 g/mol. The number of benzene rings is 1. The van der Waals surface area contributed by atoms with Crippen LogP contribution in [0.15, 0.2) is 24.3 Å². The van der Waals surface area contributed by atoms with Crippen molar-refractivity contribution in [3.8, 4) is 0 Å². The quantitative estimate of drug-likeness (QED) is 0.844. The smallest absolute Gasteiger partial charge is 0.331 e. The first-order valence-electron chi connectivity index (χ1n) is 6.90. The molecule has 3 nitrogen and oxygen atoms in total. The standard InChI is InChI=1S/C16H23NO2/c1-11(2)13-9-16(10-13,15(18)19-4)17-14-7-5-12(3)6-8-14/h5-8,11,13,17H,9-10H2,1-4H3. The molecule has 0 bridgehead atoms. The van der Waals surface area contributed by atoms with Gasteiger partial charge in [0.1, 0.15) is 5.54 Å². The van der Waals surface area contributed by atoms with Crippen LogP contribution in [-0.2, 0) is 9.53 Å². The number of carbonyl (C=O) groups is 1. The van der Waals surface area contributed by atoms with Crippen molar-refractivity contribution in [1.82, 2.24) is 0 Å². The maximum atomic E-state index is 12.1. The van der Waals surface area contributed by atoms with Gasteiger partial charge < -0.3 is 10.1 Å². The normalized spacial score (nSPS) is 25.8. The Morgan fingerprint density at radius 3 is 2.37 bits per heavy atom. The van der Waals surface area contributed by atoms with E-state index in [-0.39, 0.29) is 5.97 Å². The van der Waals surface area contributed by atoms with Crippen LogP contribution in [0.2, 0.25) is 0 Å². The second kappa shape index (κ2) is 5.24. The molecule has 104 valence electrons. The fourth-order valence-corrected chi connectivity index (χ4v) is 2.74. The molecule has 0 saturated heterocycles. The van der Waals surface area contributed by atoms with Crippen molar-refractivity contribution in [2.24, 2.45) is 11.8 Å². The van der Waals surface area contributed by atoms with Gasteiger partial charge >= 0.3 is 5.97 Å². The average Bonchev–Trinajstić information content (AvgIpc) is 2.34. The Bertz CT molecular complexity index is 444. The van der Waals surface area contributed by atoms with Crippen LogP contribution in [0, 0.1) is 18.8 Å². The van der Waals surface area contributed by atoms with Gasteiger partial charge in [0.2, 0.25) is 0 Å². The lowest BCUT2D eigenvalue weighted by Gasteiger charge is -2.48. The van der Waals surface area contributed by atoms with Crippen molar-refractivity contribution in [3.05, 3.63) is 29.8 Å². The van der Waals surface area contributed by atoms with Crippen LogP contribution >= 0.6 is 0 Å². The molecule has 1 fully saturated rings. The third kappa shape index (κ3) is 2.75. The summed E-state index contributed by atoms with van der Waals surface area (Å²) >= 11 is 0. The summed E-state index contributed by atoms with van der Waals surface area (Å²) in [5, 5.41) is 3.38. The highest BCUT2D eigenvalue weighted by atomic mass is 16.5. The second-order valence-electron chi connectivity index (χ2n) is 5.98. The van der Waals surface area contributed by atoms with Crippen LogP contribution < -0.4 is 5.32 Å². The average molecular weight is 261 g/mol. The molecule has 0 unspecified atom stereocenters. The van der Waals surface area contributed by atoms with Crippen molar-refractivity contribution in [2.75, 3.05) is 12.4 Å². The van der Waals surface area contributed by atoms with E-state index in [1.165, 1.54) is 12.7 Å². The van der Waals surface area contributed by atoms with Gasteiger partial charge in [0.05, 0.1) is 7.11 Å². The van der Waals surface area contributed by atoms with E-state index in [1.807, 2.05) is 24.3 Å². The SMILES string of the molecule is COC(=O)C1(Nc2ccc(C)cc2)CC(C(C)C)C1. The topological polar surface area (TPSA) is 38.3 Å². The fourth-order valence-electron chi connectivity index (χ4n) is 2.74. The Balaban J connectivity index is 2.12. The number of methoxy groups -OCH3 is 1. The summed E-state index contributed by atoms with van der Waals surface area (Å²) in [6.45, 7) is 6.47. The number of esters is 1. The number of nitrogens with one attached hydrogen (secondary N) is 1. The molecule has 19 heavy (non-hydrogen) atoms. The molecule has 1 aromatic rings. The zero-order valence-electron chi connectivity index (χ0n) is 12.2. The van der Waals surface area contributed by atoms with Gasteiger partial charge in [0.25, 0.3) is 0 Å². The summed E-state index contributed by atoms with van der Waals surface area (Å²) in [5.74, 6) is 1.06. The summed E-state index contributed by atoms with van der Waals surface area (Å²) in [4.78, 5) is 12.1.